The summed E-state index contributed by atoms with van der Waals surface area (Å²) in [5.74, 6) is -0.572. The molecule has 3 aromatic rings. The number of rotatable bonds is 6. The van der Waals surface area contributed by atoms with Gasteiger partial charge in [-0.15, -0.1) is 0 Å². The lowest BCUT2D eigenvalue weighted by molar-refractivity contribution is 0.0599. The third-order valence-corrected chi connectivity index (χ3v) is 6.16. The maximum Gasteiger partial charge on any atom is 0.338 e. The number of hydrogen-bond acceptors (Lipinski definition) is 4. The quantitative estimate of drug-likeness (QED) is 0.621. The van der Waals surface area contributed by atoms with Crippen molar-refractivity contribution in [2.45, 2.75) is 24.8 Å². The lowest BCUT2D eigenvalue weighted by Gasteiger charge is -2.20. The number of nitrogens with one attached hydrogen (secondary N) is 1. The molecule has 6 heteroatoms. The molecular weight excluding hydrogens is 386 g/mol. The number of esters is 1. The van der Waals surface area contributed by atoms with Gasteiger partial charge in [0.05, 0.1) is 23.6 Å². The average molecular weight is 410 g/mol. The third kappa shape index (κ3) is 4.72. The minimum Gasteiger partial charge on any atom is -0.465 e. The number of ether oxygens (including phenoxy) is 1. The van der Waals surface area contributed by atoms with Crippen LogP contribution >= 0.6 is 0 Å². The van der Waals surface area contributed by atoms with Crippen LogP contribution in [0.2, 0.25) is 0 Å². The van der Waals surface area contributed by atoms with Gasteiger partial charge in [0, 0.05) is 0 Å². The molecule has 0 aliphatic carbocycles. The van der Waals surface area contributed by atoms with E-state index in [-0.39, 0.29) is 10.5 Å². The Morgan fingerprint density at radius 2 is 1.52 bits per heavy atom. The van der Waals surface area contributed by atoms with E-state index in [0.29, 0.717) is 5.56 Å². The number of carbonyl (C=O) groups excluding carboxylic acids is 1. The van der Waals surface area contributed by atoms with Crippen molar-refractivity contribution in [2.75, 3.05) is 7.11 Å². The summed E-state index contributed by atoms with van der Waals surface area (Å²) < 4.78 is 33.9. The molecule has 0 saturated heterocycles. The number of aryl methyl sites for hydroxylation is 2. The van der Waals surface area contributed by atoms with E-state index in [0.717, 1.165) is 16.7 Å². The summed E-state index contributed by atoms with van der Waals surface area (Å²) in [5, 5.41) is 0. The van der Waals surface area contributed by atoms with Gasteiger partial charge >= 0.3 is 5.97 Å². The van der Waals surface area contributed by atoms with Crippen molar-refractivity contribution in [3.63, 3.8) is 0 Å². The fourth-order valence-electron chi connectivity index (χ4n) is 3.05. The highest BCUT2D eigenvalue weighted by molar-refractivity contribution is 7.89. The summed E-state index contributed by atoms with van der Waals surface area (Å²) in [6.07, 6.45) is 0. The zero-order valence-corrected chi connectivity index (χ0v) is 17.4. The minimum absolute atomic E-state index is 0.0107. The molecule has 0 amide bonds. The fraction of sp³-hybridized carbons (Fsp3) is 0.174. The van der Waals surface area contributed by atoms with Crippen LogP contribution in [0.1, 0.15) is 38.7 Å². The van der Waals surface area contributed by atoms with Crippen LogP contribution in [0.3, 0.4) is 0 Å². The van der Waals surface area contributed by atoms with Crippen LogP contribution in [0.4, 0.5) is 0 Å². The van der Waals surface area contributed by atoms with E-state index in [4.69, 9.17) is 4.74 Å². The first-order chi connectivity index (χ1) is 13.8. The standard InChI is InChI=1S/C23H23NO4S/c1-16-9-12-19(13-10-16)22(18-7-5-4-6-8-18)24-29(26,27)20-14-11-17(2)21(15-20)23(25)28-3/h4-15,22,24H,1-3H3/t22-/m0/s1. The lowest BCUT2D eigenvalue weighted by atomic mass is 9.99. The van der Waals surface area contributed by atoms with Gasteiger partial charge in [-0.3, -0.25) is 0 Å². The van der Waals surface area contributed by atoms with Gasteiger partial charge in [-0.05, 0) is 42.7 Å². The highest BCUT2D eigenvalue weighted by Gasteiger charge is 2.24. The Balaban J connectivity index is 2.03. The molecule has 0 radical (unpaired) electrons. The number of sulfonamides is 1. The number of benzene rings is 3. The van der Waals surface area contributed by atoms with Crippen molar-refractivity contribution in [2.24, 2.45) is 0 Å². The molecule has 0 bridgehead atoms. The van der Waals surface area contributed by atoms with Gasteiger partial charge in [-0.2, -0.15) is 4.72 Å². The first-order valence-electron chi connectivity index (χ1n) is 9.14. The molecule has 0 fully saturated rings. The second-order valence-electron chi connectivity index (χ2n) is 6.84. The van der Waals surface area contributed by atoms with Gasteiger partial charge in [0.25, 0.3) is 0 Å². The van der Waals surface area contributed by atoms with Crippen molar-refractivity contribution in [3.8, 4) is 0 Å². The van der Waals surface area contributed by atoms with Gasteiger partial charge in [0.1, 0.15) is 0 Å². The number of hydrogen-bond donors (Lipinski definition) is 1. The van der Waals surface area contributed by atoms with Crippen molar-refractivity contribution < 1.29 is 17.9 Å². The van der Waals surface area contributed by atoms with Crippen LogP contribution in [0.5, 0.6) is 0 Å². The second-order valence-corrected chi connectivity index (χ2v) is 8.56. The van der Waals surface area contributed by atoms with E-state index < -0.39 is 22.0 Å². The zero-order valence-electron chi connectivity index (χ0n) is 16.5. The van der Waals surface area contributed by atoms with Crippen LogP contribution in [0, 0.1) is 13.8 Å². The summed E-state index contributed by atoms with van der Waals surface area (Å²) in [6.45, 7) is 3.71. The second kappa shape index (κ2) is 8.59. The monoisotopic (exact) mass is 409 g/mol. The van der Waals surface area contributed by atoms with E-state index in [9.17, 15) is 13.2 Å². The van der Waals surface area contributed by atoms with Crippen LogP contribution < -0.4 is 4.72 Å². The van der Waals surface area contributed by atoms with Gasteiger partial charge in [0.15, 0.2) is 0 Å². The summed E-state index contributed by atoms with van der Waals surface area (Å²) in [6, 6.07) is 20.9. The molecular formula is C23H23NO4S. The zero-order chi connectivity index (χ0) is 21.0. The smallest absolute Gasteiger partial charge is 0.338 e. The maximum atomic E-state index is 13.2. The Labute approximate surface area is 171 Å². The molecule has 150 valence electrons. The molecule has 0 unspecified atom stereocenters. The molecule has 0 aromatic heterocycles. The van der Waals surface area contributed by atoms with Crippen molar-refractivity contribution in [3.05, 3.63) is 101 Å². The summed E-state index contributed by atoms with van der Waals surface area (Å²) in [4.78, 5) is 12.0. The van der Waals surface area contributed by atoms with E-state index in [1.54, 1.807) is 13.0 Å². The SMILES string of the molecule is COC(=O)c1cc(S(=O)(=O)N[C@@H](c2ccccc2)c2ccc(C)cc2)ccc1C. The first kappa shape index (κ1) is 20.8. The Bertz CT molecular complexity index is 1110. The molecule has 1 atom stereocenters. The largest absolute Gasteiger partial charge is 0.465 e. The highest BCUT2D eigenvalue weighted by atomic mass is 32.2. The van der Waals surface area contributed by atoms with E-state index in [1.165, 1.54) is 19.2 Å². The normalized spacial score (nSPS) is 12.4. The molecule has 0 aliphatic rings. The molecule has 5 nitrogen and oxygen atoms in total. The predicted molar refractivity (Wildman–Crippen MR) is 112 cm³/mol. The third-order valence-electron chi connectivity index (χ3n) is 4.74. The summed E-state index contributed by atoms with van der Waals surface area (Å²) in [7, 11) is -2.64. The van der Waals surface area contributed by atoms with Crippen LogP contribution in [-0.4, -0.2) is 21.5 Å². The van der Waals surface area contributed by atoms with Gasteiger partial charge in [-0.25, -0.2) is 13.2 Å². The van der Waals surface area contributed by atoms with Crippen LogP contribution in [-0.2, 0) is 14.8 Å². The van der Waals surface area contributed by atoms with E-state index in [1.807, 2.05) is 61.5 Å². The molecule has 0 aliphatic heterocycles. The number of methoxy groups -OCH3 is 1. The van der Waals surface area contributed by atoms with Crippen molar-refractivity contribution in [1.29, 1.82) is 0 Å². The van der Waals surface area contributed by atoms with E-state index in [2.05, 4.69) is 4.72 Å². The van der Waals surface area contributed by atoms with Gasteiger partial charge in [-0.1, -0.05) is 66.2 Å². The maximum absolute atomic E-state index is 13.2. The highest BCUT2D eigenvalue weighted by Crippen LogP contribution is 2.26. The summed E-state index contributed by atoms with van der Waals surface area (Å²) in [5.41, 5.74) is 3.60. The predicted octanol–water partition coefficient (Wildman–Crippen LogP) is 4.16. The van der Waals surface area contributed by atoms with Crippen LogP contribution in [0.15, 0.2) is 77.7 Å². The summed E-state index contributed by atoms with van der Waals surface area (Å²) >= 11 is 0. The van der Waals surface area contributed by atoms with Crippen molar-refractivity contribution >= 4 is 16.0 Å². The Morgan fingerprint density at radius 3 is 2.14 bits per heavy atom. The molecule has 29 heavy (non-hydrogen) atoms. The molecule has 0 saturated carbocycles. The molecule has 3 aromatic carbocycles. The van der Waals surface area contributed by atoms with Gasteiger partial charge in [0.2, 0.25) is 10.0 Å². The topological polar surface area (TPSA) is 72.5 Å². The Hall–Kier alpha value is -2.96. The first-order valence-corrected chi connectivity index (χ1v) is 10.6. The molecule has 1 N–H and O–H groups in total. The Kier molecular flexibility index (Phi) is 6.15. The molecule has 3 rings (SSSR count). The Morgan fingerprint density at radius 1 is 0.897 bits per heavy atom. The van der Waals surface area contributed by atoms with Crippen molar-refractivity contribution in [1.82, 2.24) is 4.72 Å². The number of carbonyl (C=O) groups is 1. The molecule has 0 heterocycles. The van der Waals surface area contributed by atoms with E-state index >= 15 is 0 Å². The lowest BCUT2D eigenvalue weighted by Crippen LogP contribution is -2.29. The van der Waals surface area contributed by atoms with Gasteiger partial charge < -0.3 is 4.74 Å². The van der Waals surface area contributed by atoms with Crippen LogP contribution in [0.25, 0.3) is 0 Å². The average Bonchev–Trinajstić information content (AvgIpc) is 2.73. The minimum atomic E-state index is -3.90. The molecule has 0 spiro atoms. The fourth-order valence-corrected chi connectivity index (χ4v) is 4.29.